The molecule has 0 aliphatic heterocycles. The van der Waals surface area contributed by atoms with E-state index >= 15 is 0 Å². The van der Waals surface area contributed by atoms with Crippen LogP contribution < -0.4 is 4.90 Å². The Morgan fingerprint density at radius 3 is 1.39 bits per heavy atom. The van der Waals surface area contributed by atoms with Gasteiger partial charge in [-0.15, -0.1) is 0 Å². The predicted octanol–water partition coefficient (Wildman–Crippen LogP) is 14.9. The van der Waals surface area contributed by atoms with Crippen LogP contribution in [0.25, 0.3) is 77.2 Å². The number of hydrogen-bond donors (Lipinski definition) is 0. The van der Waals surface area contributed by atoms with E-state index in [1.807, 2.05) is 0 Å². The molecule has 0 atom stereocenters. The van der Waals surface area contributed by atoms with Gasteiger partial charge in [-0.25, -0.2) is 0 Å². The van der Waals surface area contributed by atoms with Gasteiger partial charge in [0, 0.05) is 33.3 Å². The number of hydrogen-bond acceptors (Lipinski definition) is 2. The van der Waals surface area contributed by atoms with Gasteiger partial charge in [-0.3, -0.25) is 0 Å². The molecule has 0 saturated carbocycles. The molecule has 0 fully saturated rings. The summed E-state index contributed by atoms with van der Waals surface area (Å²) in [5, 5.41) is 4.66. The topological polar surface area (TPSA) is 16.4 Å². The third-order valence-electron chi connectivity index (χ3n) is 10.5. The van der Waals surface area contributed by atoms with Crippen LogP contribution >= 0.6 is 0 Å². The smallest absolute Gasteiger partial charge is 0.143 e. The van der Waals surface area contributed by atoms with Gasteiger partial charge in [0.15, 0.2) is 0 Å². The average Bonchev–Trinajstić information content (AvgIpc) is 3.64. The second-order valence-electron chi connectivity index (χ2n) is 13.7. The third-order valence-corrected chi connectivity index (χ3v) is 10.5. The fourth-order valence-electron chi connectivity index (χ4n) is 7.92. The molecule has 0 aliphatic rings. The van der Waals surface area contributed by atoms with E-state index in [1.165, 1.54) is 44.2 Å². The maximum atomic E-state index is 6.97. The summed E-state index contributed by atoms with van der Waals surface area (Å²) >= 11 is 0. The number of para-hydroxylation sites is 2. The summed E-state index contributed by atoms with van der Waals surface area (Å²) in [5.41, 5.74) is 14.2. The minimum absolute atomic E-state index is 0.883. The molecule has 0 amide bonds. The van der Waals surface area contributed by atoms with Crippen LogP contribution in [-0.2, 0) is 0 Å². The van der Waals surface area contributed by atoms with E-state index < -0.39 is 0 Å². The largest absolute Gasteiger partial charge is 0.455 e. The van der Waals surface area contributed by atoms with E-state index in [1.54, 1.807) is 0 Å². The van der Waals surface area contributed by atoms with Crippen molar-refractivity contribution in [1.82, 2.24) is 0 Å². The van der Waals surface area contributed by atoms with Crippen LogP contribution in [-0.4, -0.2) is 0 Å². The highest BCUT2D eigenvalue weighted by Gasteiger charge is 2.22. The molecule has 1 heterocycles. The average molecular weight is 690 g/mol. The van der Waals surface area contributed by atoms with Gasteiger partial charge in [0.25, 0.3) is 0 Å². The van der Waals surface area contributed by atoms with Crippen molar-refractivity contribution in [2.24, 2.45) is 0 Å². The second kappa shape index (κ2) is 13.4. The molecular formula is C52H35NO. The van der Waals surface area contributed by atoms with Gasteiger partial charge < -0.3 is 9.32 Å². The Kier molecular flexibility index (Phi) is 7.85. The first-order valence-corrected chi connectivity index (χ1v) is 18.4. The fraction of sp³-hybridized carbons (Fsp3) is 0. The second-order valence-corrected chi connectivity index (χ2v) is 13.7. The molecule has 2 heteroatoms. The van der Waals surface area contributed by atoms with Crippen molar-refractivity contribution in [2.45, 2.75) is 0 Å². The van der Waals surface area contributed by atoms with Crippen LogP contribution in [0.1, 0.15) is 0 Å². The van der Waals surface area contributed by atoms with Crippen LogP contribution in [0.15, 0.2) is 217 Å². The molecule has 0 spiro atoms. The highest BCUT2D eigenvalue weighted by molar-refractivity contribution is 6.23. The third kappa shape index (κ3) is 5.53. The Labute approximate surface area is 314 Å². The zero-order chi connectivity index (χ0) is 35.8. The maximum Gasteiger partial charge on any atom is 0.143 e. The molecule has 10 aromatic rings. The van der Waals surface area contributed by atoms with Crippen molar-refractivity contribution in [1.29, 1.82) is 0 Å². The Balaban J connectivity index is 1.16. The van der Waals surface area contributed by atoms with Gasteiger partial charge in [-0.05, 0) is 80.6 Å². The molecule has 0 aliphatic carbocycles. The summed E-state index contributed by atoms with van der Waals surface area (Å²) in [5.74, 6) is 0. The number of fused-ring (bicyclic) bond motifs is 5. The summed E-state index contributed by atoms with van der Waals surface area (Å²) < 4.78 is 6.97. The zero-order valence-corrected chi connectivity index (χ0v) is 29.6. The van der Waals surface area contributed by atoms with Crippen LogP contribution in [0.3, 0.4) is 0 Å². The van der Waals surface area contributed by atoms with E-state index in [2.05, 4.69) is 217 Å². The summed E-state index contributed by atoms with van der Waals surface area (Å²) in [6.07, 6.45) is 0. The summed E-state index contributed by atoms with van der Waals surface area (Å²) in [4.78, 5) is 2.36. The van der Waals surface area contributed by atoms with Crippen LogP contribution in [0.4, 0.5) is 17.1 Å². The van der Waals surface area contributed by atoms with Gasteiger partial charge >= 0.3 is 0 Å². The predicted molar refractivity (Wildman–Crippen MR) is 228 cm³/mol. The molecule has 9 aromatic carbocycles. The maximum absolute atomic E-state index is 6.97. The SMILES string of the molecule is c1ccc(-c2ccc(N(c3ccc(-c4ccccc4)cc3)c3ccccc3-c3cccc4c3oc3cc(-c5ccccc5)c5ccccc5c34)cc2)cc1. The van der Waals surface area contributed by atoms with Gasteiger partial charge in [-0.1, -0.05) is 176 Å². The highest BCUT2D eigenvalue weighted by atomic mass is 16.3. The van der Waals surface area contributed by atoms with Gasteiger partial charge in [-0.2, -0.15) is 0 Å². The van der Waals surface area contributed by atoms with Crippen molar-refractivity contribution < 1.29 is 4.42 Å². The van der Waals surface area contributed by atoms with Gasteiger partial charge in [0.2, 0.25) is 0 Å². The number of rotatable bonds is 7. The number of furan rings is 1. The Morgan fingerprint density at radius 1 is 0.315 bits per heavy atom. The molecule has 10 rings (SSSR count). The first-order valence-electron chi connectivity index (χ1n) is 18.4. The monoisotopic (exact) mass is 689 g/mol. The quantitative estimate of drug-likeness (QED) is 0.166. The van der Waals surface area contributed by atoms with E-state index in [0.29, 0.717) is 0 Å². The number of nitrogens with zero attached hydrogens (tertiary/aromatic N) is 1. The van der Waals surface area contributed by atoms with Crippen molar-refractivity contribution in [3.05, 3.63) is 212 Å². The Bertz CT molecular complexity index is 2810. The lowest BCUT2D eigenvalue weighted by Crippen LogP contribution is -2.11. The molecule has 0 unspecified atom stereocenters. The van der Waals surface area contributed by atoms with Crippen molar-refractivity contribution >= 4 is 49.8 Å². The molecule has 0 N–H and O–H groups in total. The summed E-state index contributed by atoms with van der Waals surface area (Å²) in [7, 11) is 0. The minimum atomic E-state index is 0.883. The Morgan fingerprint density at radius 2 is 0.778 bits per heavy atom. The van der Waals surface area contributed by atoms with Crippen LogP contribution in [0.5, 0.6) is 0 Å². The normalized spacial score (nSPS) is 11.3. The van der Waals surface area contributed by atoms with E-state index in [4.69, 9.17) is 4.42 Å². The fourth-order valence-corrected chi connectivity index (χ4v) is 7.92. The lowest BCUT2D eigenvalue weighted by atomic mass is 9.94. The molecule has 1 aromatic heterocycles. The molecular weight excluding hydrogens is 655 g/mol. The first kappa shape index (κ1) is 31.6. The van der Waals surface area contributed by atoms with Crippen LogP contribution in [0.2, 0.25) is 0 Å². The Hall–Kier alpha value is -7.16. The van der Waals surface area contributed by atoms with Crippen molar-refractivity contribution in [2.75, 3.05) is 4.90 Å². The molecule has 0 radical (unpaired) electrons. The lowest BCUT2D eigenvalue weighted by Gasteiger charge is -2.28. The van der Waals surface area contributed by atoms with Gasteiger partial charge in [0.1, 0.15) is 11.2 Å². The minimum Gasteiger partial charge on any atom is -0.455 e. The van der Waals surface area contributed by atoms with E-state index in [9.17, 15) is 0 Å². The van der Waals surface area contributed by atoms with Crippen molar-refractivity contribution in [3.63, 3.8) is 0 Å². The summed E-state index contributed by atoms with van der Waals surface area (Å²) in [6, 6.07) is 75.6. The highest BCUT2D eigenvalue weighted by Crippen LogP contribution is 2.46. The number of benzene rings is 9. The first-order chi connectivity index (χ1) is 26.8. The summed E-state index contributed by atoms with van der Waals surface area (Å²) in [6.45, 7) is 0. The molecule has 54 heavy (non-hydrogen) atoms. The molecule has 0 bridgehead atoms. The standard InChI is InChI=1S/C52H35NO/c1-4-15-36(16-5-1)38-27-31-41(32-28-38)53(42-33-29-39(30-34-42)37-17-6-2-7-18-37)49-26-13-12-22-44(49)46-24-14-25-47-51-45-23-11-10-21-43(45)48(35-50(51)54-52(46)47)40-19-8-3-9-20-40/h1-35H. The number of anilines is 3. The lowest BCUT2D eigenvalue weighted by molar-refractivity contribution is 0.670. The van der Waals surface area contributed by atoms with E-state index in [-0.39, 0.29) is 0 Å². The van der Waals surface area contributed by atoms with Gasteiger partial charge in [0.05, 0.1) is 5.69 Å². The van der Waals surface area contributed by atoms with Crippen LogP contribution in [0, 0.1) is 0 Å². The van der Waals surface area contributed by atoms with Crippen molar-refractivity contribution in [3.8, 4) is 44.5 Å². The molecule has 0 saturated heterocycles. The molecule has 2 nitrogen and oxygen atoms in total. The molecule has 254 valence electrons. The van der Waals surface area contributed by atoms with E-state index in [0.717, 1.165) is 50.1 Å². The zero-order valence-electron chi connectivity index (χ0n) is 29.6.